The summed E-state index contributed by atoms with van der Waals surface area (Å²) < 4.78 is 0. The van der Waals surface area contributed by atoms with Gasteiger partial charge >= 0.3 is 0 Å². The summed E-state index contributed by atoms with van der Waals surface area (Å²) in [6, 6.07) is 0. The van der Waals surface area contributed by atoms with E-state index < -0.39 is 0 Å². The van der Waals surface area contributed by atoms with Gasteiger partial charge in [0.2, 0.25) is 0 Å². The number of aliphatic imine (C=N–C) groups is 1. The normalized spacial score (nSPS) is 14.0. The molecule has 0 radical (unpaired) electrons. The van der Waals surface area contributed by atoms with Gasteiger partial charge in [0.1, 0.15) is 0 Å². The third-order valence-electron chi connectivity index (χ3n) is 2.83. The molecule has 0 saturated heterocycles. The van der Waals surface area contributed by atoms with E-state index in [0.717, 1.165) is 13.0 Å². The second-order valence-electron chi connectivity index (χ2n) is 5.33. The summed E-state index contributed by atoms with van der Waals surface area (Å²) in [5, 5.41) is 0. The lowest BCUT2D eigenvalue weighted by atomic mass is 9.89. The van der Waals surface area contributed by atoms with Gasteiger partial charge in [-0.2, -0.15) is 0 Å². The van der Waals surface area contributed by atoms with E-state index in [0.29, 0.717) is 5.41 Å². The first-order valence-electron chi connectivity index (χ1n) is 5.34. The molecule has 78 valence electrons. The quantitative estimate of drug-likeness (QED) is 0.573. The fraction of sp³-hybridized carbons (Fsp3) is 0.917. The first-order chi connectivity index (χ1) is 5.83. The van der Waals surface area contributed by atoms with Crippen LogP contribution in [0, 0.1) is 10.8 Å². The molecule has 1 heteroatoms. The van der Waals surface area contributed by atoms with E-state index in [1.165, 1.54) is 6.42 Å². The molecule has 13 heavy (non-hydrogen) atoms. The first kappa shape index (κ1) is 12.7. The summed E-state index contributed by atoms with van der Waals surface area (Å²) in [4.78, 5) is 4.53. The summed E-state index contributed by atoms with van der Waals surface area (Å²) >= 11 is 0. The molecule has 0 amide bonds. The Bertz CT molecular complexity index is 166. The van der Waals surface area contributed by atoms with Gasteiger partial charge in [-0.3, -0.25) is 4.99 Å². The van der Waals surface area contributed by atoms with Gasteiger partial charge < -0.3 is 0 Å². The Morgan fingerprint density at radius 2 is 1.54 bits per heavy atom. The molecule has 0 atom stereocenters. The Hall–Kier alpha value is -0.330. The standard InChI is InChI=1S/C12H25N/c1-7-11(3,4)9-13-10-12(5,6)8-2/h9H,7-8,10H2,1-6H3. The fourth-order valence-electron chi connectivity index (χ4n) is 0.743. The molecule has 0 aliphatic carbocycles. The van der Waals surface area contributed by atoms with Crippen LogP contribution in [-0.4, -0.2) is 12.8 Å². The highest BCUT2D eigenvalue weighted by Gasteiger charge is 2.15. The molecule has 0 aromatic carbocycles. The third-order valence-corrected chi connectivity index (χ3v) is 2.83. The van der Waals surface area contributed by atoms with Crippen molar-refractivity contribution >= 4 is 6.21 Å². The molecule has 0 saturated carbocycles. The van der Waals surface area contributed by atoms with E-state index >= 15 is 0 Å². The van der Waals surface area contributed by atoms with Crippen molar-refractivity contribution in [3.63, 3.8) is 0 Å². The first-order valence-corrected chi connectivity index (χ1v) is 5.34. The molecule has 0 rings (SSSR count). The lowest BCUT2D eigenvalue weighted by molar-refractivity contribution is 0.364. The summed E-state index contributed by atoms with van der Waals surface area (Å²) in [5.41, 5.74) is 0.629. The molecule has 0 N–H and O–H groups in total. The van der Waals surface area contributed by atoms with Crippen LogP contribution < -0.4 is 0 Å². The maximum atomic E-state index is 4.53. The second kappa shape index (κ2) is 4.78. The highest BCUT2D eigenvalue weighted by atomic mass is 14.7. The van der Waals surface area contributed by atoms with Gasteiger partial charge in [0, 0.05) is 12.8 Å². The van der Waals surface area contributed by atoms with Gasteiger partial charge in [-0.15, -0.1) is 0 Å². The zero-order chi connectivity index (χ0) is 10.5. The van der Waals surface area contributed by atoms with Crippen LogP contribution in [0.25, 0.3) is 0 Å². The topological polar surface area (TPSA) is 12.4 Å². The van der Waals surface area contributed by atoms with Crippen molar-refractivity contribution in [3.05, 3.63) is 0 Å². The van der Waals surface area contributed by atoms with Gasteiger partial charge in [-0.25, -0.2) is 0 Å². The summed E-state index contributed by atoms with van der Waals surface area (Å²) in [7, 11) is 0. The van der Waals surface area contributed by atoms with Gasteiger partial charge in [-0.1, -0.05) is 41.5 Å². The van der Waals surface area contributed by atoms with Crippen LogP contribution >= 0.6 is 0 Å². The third kappa shape index (κ3) is 5.84. The molecule has 0 fully saturated rings. The van der Waals surface area contributed by atoms with E-state index in [2.05, 4.69) is 52.7 Å². The van der Waals surface area contributed by atoms with Crippen LogP contribution in [0.4, 0.5) is 0 Å². The van der Waals surface area contributed by atoms with E-state index in [1.807, 2.05) is 0 Å². The Labute approximate surface area is 83.6 Å². The SMILES string of the molecule is CCC(C)(C)C=NCC(C)(C)CC. The average Bonchev–Trinajstić information content (AvgIpc) is 2.04. The predicted molar refractivity (Wildman–Crippen MR) is 61.5 cm³/mol. The fourth-order valence-corrected chi connectivity index (χ4v) is 0.743. The Kier molecular flexibility index (Phi) is 4.66. The number of hydrogen-bond donors (Lipinski definition) is 0. The molecule has 0 heterocycles. The van der Waals surface area contributed by atoms with Gasteiger partial charge in [0.25, 0.3) is 0 Å². The molecule has 1 nitrogen and oxygen atoms in total. The molecular weight excluding hydrogens is 158 g/mol. The van der Waals surface area contributed by atoms with Gasteiger partial charge in [-0.05, 0) is 23.7 Å². The molecule has 0 aromatic heterocycles. The van der Waals surface area contributed by atoms with E-state index in [9.17, 15) is 0 Å². The lowest BCUT2D eigenvalue weighted by Gasteiger charge is -2.21. The largest absolute Gasteiger partial charge is 0.296 e. The minimum absolute atomic E-state index is 0.268. The van der Waals surface area contributed by atoms with Crippen molar-refractivity contribution in [1.82, 2.24) is 0 Å². The zero-order valence-electron chi connectivity index (χ0n) is 10.1. The smallest absolute Gasteiger partial charge is 0.0436 e. The van der Waals surface area contributed by atoms with Crippen molar-refractivity contribution in [1.29, 1.82) is 0 Å². The molecular formula is C12H25N. The summed E-state index contributed by atoms with van der Waals surface area (Å²) in [5.74, 6) is 0. The molecule has 0 bridgehead atoms. The molecule has 0 unspecified atom stereocenters. The van der Waals surface area contributed by atoms with E-state index in [1.54, 1.807) is 0 Å². The molecule has 0 aromatic rings. The van der Waals surface area contributed by atoms with Crippen LogP contribution in [0.1, 0.15) is 54.4 Å². The number of rotatable bonds is 5. The molecule has 0 spiro atoms. The van der Waals surface area contributed by atoms with Crippen LogP contribution in [0.15, 0.2) is 4.99 Å². The number of nitrogens with zero attached hydrogens (tertiary/aromatic N) is 1. The van der Waals surface area contributed by atoms with Crippen molar-refractivity contribution < 1.29 is 0 Å². The number of hydrogen-bond acceptors (Lipinski definition) is 1. The van der Waals surface area contributed by atoms with E-state index in [4.69, 9.17) is 0 Å². The highest BCUT2D eigenvalue weighted by Crippen LogP contribution is 2.21. The van der Waals surface area contributed by atoms with Crippen molar-refractivity contribution in [2.45, 2.75) is 54.4 Å². The minimum Gasteiger partial charge on any atom is -0.296 e. The highest BCUT2D eigenvalue weighted by molar-refractivity contribution is 5.64. The Morgan fingerprint density at radius 1 is 1.00 bits per heavy atom. The van der Waals surface area contributed by atoms with Crippen molar-refractivity contribution in [3.8, 4) is 0 Å². The zero-order valence-corrected chi connectivity index (χ0v) is 10.1. The van der Waals surface area contributed by atoms with Crippen LogP contribution in [0.3, 0.4) is 0 Å². The van der Waals surface area contributed by atoms with Crippen molar-refractivity contribution in [2.75, 3.05) is 6.54 Å². The van der Waals surface area contributed by atoms with Crippen molar-refractivity contribution in [2.24, 2.45) is 15.8 Å². The van der Waals surface area contributed by atoms with E-state index in [-0.39, 0.29) is 5.41 Å². The lowest BCUT2D eigenvalue weighted by Crippen LogP contribution is -2.17. The van der Waals surface area contributed by atoms with Gasteiger partial charge in [0.05, 0.1) is 0 Å². The average molecular weight is 183 g/mol. The molecule has 0 aliphatic heterocycles. The maximum Gasteiger partial charge on any atom is 0.0436 e. The van der Waals surface area contributed by atoms with Crippen LogP contribution in [-0.2, 0) is 0 Å². The van der Waals surface area contributed by atoms with Gasteiger partial charge in [0.15, 0.2) is 0 Å². The monoisotopic (exact) mass is 183 g/mol. The minimum atomic E-state index is 0.268. The Balaban J connectivity index is 4.01. The predicted octanol–water partition coefficient (Wildman–Crippen LogP) is 3.93. The Morgan fingerprint density at radius 3 is 1.92 bits per heavy atom. The molecule has 0 aliphatic rings. The van der Waals surface area contributed by atoms with Crippen LogP contribution in [0.5, 0.6) is 0 Å². The maximum absolute atomic E-state index is 4.53. The van der Waals surface area contributed by atoms with Crippen LogP contribution in [0.2, 0.25) is 0 Å². The summed E-state index contributed by atoms with van der Waals surface area (Å²) in [6.07, 6.45) is 4.46. The summed E-state index contributed by atoms with van der Waals surface area (Å²) in [6.45, 7) is 14.4. The second-order valence-corrected chi connectivity index (χ2v) is 5.33.